The van der Waals surface area contributed by atoms with E-state index in [4.69, 9.17) is 10.00 Å². The molecule has 2 fully saturated rings. The summed E-state index contributed by atoms with van der Waals surface area (Å²) in [5.74, 6) is 0.759. The first kappa shape index (κ1) is 14.3. The Morgan fingerprint density at radius 2 is 2.16 bits per heavy atom. The van der Waals surface area contributed by atoms with E-state index in [0.717, 1.165) is 51.9 Å². The Morgan fingerprint density at radius 1 is 1.37 bits per heavy atom. The predicted octanol–water partition coefficient (Wildman–Crippen LogP) is 0.765. The third-order valence-corrected chi connectivity index (χ3v) is 4.10. The third kappa shape index (κ3) is 4.48. The molecule has 0 radical (unpaired) electrons. The van der Waals surface area contributed by atoms with Crippen LogP contribution in [0.3, 0.4) is 0 Å². The number of rotatable bonds is 4. The zero-order chi connectivity index (χ0) is 13.5. The Morgan fingerprint density at radius 3 is 2.79 bits per heavy atom. The van der Waals surface area contributed by atoms with Crippen LogP contribution in [0.4, 0.5) is 0 Å². The number of ether oxygens (including phenoxy) is 1. The van der Waals surface area contributed by atoms with Crippen LogP contribution in [0, 0.1) is 23.2 Å². The number of hydrogen-bond donors (Lipinski definition) is 1. The molecule has 1 atom stereocenters. The molecule has 0 bridgehead atoms. The van der Waals surface area contributed by atoms with Crippen LogP contribution in [0.5, 0.6) is 0 Å². The fourth-order valence-corrected chi connectivity index (χ4v) is 2.79. The minimum absolute atomic E-state index is 0.0485. The average Bonchev–Trinajstić information content (AvgIpc) is 2.47. The van der Waals surface area contributed by atoms with Gasteiger partial charge < -0.3 is 10.1 Å². The molecule has 0 spiro atoms. The van der Waals surface area contributed by atoms with Gasteiger partial charge in [-0.05, 0) is 44.7 Å². The van der Waals surface area contributed by atoms with Gasteiger partial charge in [0.05, 0.1) is 25.1 Å². The molecule has 2 rings (SSSR count). The maximum Gasteiger partial charge on any atom is 0.225 e. The van der Waals surface area contributed by atoms with Crippen LogP contribution in [-0.2, 0) is 9.53 Å². The normalized spacial score (nSPS) is 25.7. The molecule has 1 N–H and O–H groups in total. The molecule has 0 aromatic heterocycles. The molecule has 19 heavy (non-hydrogen) atoms. The number of nitriles is 1. The minimum atomic E-state index is 0.0485. The first-order chi connectivity index (χ1) is 9.29. The van der Waals surface area contributed by atoms with Crippen molar-refractivity contribution in [2.45, 2.75) is 25.7 Å². The highest BCUT2D eigenvalue weighted by Crippen LogP contribution is 2.17. The lowest BCUT2D eigenvalue weighted by Gasteiger charge is -2.30. The van der Waals surface area contributed by atoms with Crippen molar-refractivity contribution in [3.8, 4) is 6.07 Å². The minimum Gasteiger partial charge on any atom is -0.381 e. The Balaban J connectivity index is 1.63. The van der Waals surface area contributed by atoms with Gasteiger partial charge in [-0.25, -0.2) is 0 Å². The summed E-state index contributed by atoms with van der Waals surface area (Å²) in [7, 11) is 0. The maximum atomic E-state index is 12.0. The second kappa shape index (κ2) is 7.46. The highest BCUT2D eigenvalue weighted by Gasteiger charge is 2.23. The Bertz CT molecular complexity index is 326. The molecule has 106 valence electrons. The molecule has 2 saturated heterocycles. The monoisotopic (exact) mass is 265 g/mol. The Labute approximate surface area is 114 Å². The second-order valence-corrected chi connectivity index (χ2v) is 5.54. The lowest BCUT2D eigenvalue weighted by Crippen LogP contribution is -2.41. The van der Waals surface area contributed by atoms with E-state index in [9.17, 15) is 4.79 Å². The Hall–Kier alpha value is -1.12. The second-order valence-electron chi connectivity index (χ2n) is 5.54. The topological polar surface area (TPSA) is 65.4 Å². The van der Waals surface area contributed by atoms with E-state index in [-0.39, 0.29) is 11.8 Å². The number of hydrogen-bond acceptors (Lipinski definition) is 4. The summed E-state index contributed by atoms with van der Waals surface area (Å²) in [5.41, 5.74) is 0. The SMILES string of the molecule is N#CCN1CCC(CNC(=O)C2CCCOC2)CC1. The average molecular weight is 265 g/mol. The lowest BCUT2D eigenvalue weighted by atomic mass is 9.96. The number of likely N-dealkylation sites (tertiary alicyclic amines) is 1. The summed E-state index contributed by atoms with van der Waals surface area (Å²) in [5, 5.41) is 11.7. The fourth-order valence-electron chi connectivity index (χ4n) is 2.79. The van der Waals surface area contributed by atoms with Crippen molar-refractivity contribution in [3.05, 3.63) is 0 Å². The van der Waals surface area contributed by atoms with Gasteiger partial charge in [-0.15, -0.1) is 0 Å². The van der Waals surface area contributed by atoms with E-state index in [0.29, 0.717) is 19.1 Å². The van der Waals surface area contributed by atoms with Crippen molar-refractivity contribution in [1.29, 1.82) is 5.26 Å². The zero-order valence-electron chi connectivity index (χ0n) is 11.4. The summed E-state index contributed by atoms with van der Waals surface area (Å²) in [6.07, 6.45) is 4.09. The number of nitrogens with zero attached hydrogens (tertiary/aromatic N) is 2. The van der Waals surface area contributed by atoms with Crippen molar-refractivity contribution in [2.75, 3.05) is 39.4 Å². The van der Waals surface area contributed by atoms with Crippen molar-refractivity contribution < 1.29 is 9.53 Å². The molecule has 0 aliphatic carbocycles. The van der Waals surface area contributed by atoms with Crippen LogP contribution in [0.2, 0.25) is 0 Å². The highest BCUT2D eigenvalue weighted by atomic mass is 16.5. The molecule has 5 heteroatoms. The molecule has 2 aliphatic heterocycles. The molecule has 5 nitrogen and oxygen atoms in total. The van der Waals surface area contributed by atoms with Gasteiger partial charge in [0.15, 0.2) is 0 Å². The van der Waals surface area contributed by atoms with E-state index < -0.39 is 0 Å². The van der Waals surface area contributed by atoms with Gasteiger partial charge in [0, 0.05) is 13.2 Å². The van der Waals surface area contributed by atoms with Gasteiger partial charge in [-0.3, -0.25) is 9.69 Å². The van der Waals surface area contributed by atoms with Crippen molar-refractivity contribution in [1.82, 2.24) is 10.2 Å². The van der Waals surface area contributed by atoms with Gasteiger partial charge >= 0.3 is 0 Å². The van der Waals surface area contributed by atoms with Crippen LogP contribution in [0.15, 0.2) is 0 Å². The van der Waals surface area contributed by atoms with Crippen LogP contribution >= 0.6 is 0 Å². The van der Waals surface area contributed by atoms with Gasteiger partial charge in [0.1, 0.15) is 0 Å². The quantitative estimate of drug-likeness (QED) is 0.762. The van der Waals surface area contributed by atoms with Gasteiger partial charge in [-0.1, -0.05) is 0 Å². The number of piperidine rings is 1. The lowest BCUT2D eigenvalue weighted by molar-refractivity contribution is -0.129. The smallest absolute Gasteiger partial charge is 0.225 e. The molecule has 1 amide bonds. The number of amides is 1. The molecule has 0 aromatic rings. The van der Waals surface area contributed by atoms with E-state index in [1.807, 2.05) is 0 Å². The summed E-state index contributed by atoms with van der Waals surface area (Å²) >= 11 is 0. The predicted molar refractivity (Wildman–Crippen MR) is 71.3 cm³/mol. The van der Waals surface area contributed by atoms with E-state index in [1.165, 1.54) is 0 Å². The van der Waals surface area contributed by atoms with Crippen LogP contribution in [0.25, 0.3) is 0 Å². The molecular formula is C14H23N3O2. The molecular weight excluding hydrogens is 242 g/mol. The van der Waals surface area contributed by atoms with Gasteiger partial charge in [0.25, 0.3) is 0 Å². The Kier molecular flexibility index (Phi) is 5.62. The summed E-state index contributed by atoms with van der Waals surface area (Å²) in [6.45, 7) is 4.61. The zero-order valence-corrected chi connectivity index (χ0v) is 11.4. The van der Waals surface area contributed by atoms with Crippen LogP contribution < -0.4 is 5.32 Å². The number of nitrogens with one attached hydrogen (secondary N) is 1. The number of carbonyl (C=O) groups is 1. The van der Waals surface area contributed by atoms with Gasteiger partial charge in [0.2, 0.25) is 5.91 Å². The highest BCUT2D eigenvalue weighted by molar-refractivity contribution is 5.78. The van der Waals surface area contributed by atoms with E-state index >= 15 is 0 Å². The first-order valence-corrected chi connectivity index (χ1v) is 7.24. The standard InChI is InChI=1S/C14H23N3O2/c15-5-8-17-6-3-12(4-7-17)10-16-14(18)13-2-1-9-19-11-13/h12-13H,1-4,6-11H2,(H,16,18). The van der Waals surface area contributed by atoms with Crippen LogP contribution in [0.1, 0.15) is 25.7 Å². The third-order valence-electron chi connectivity index (χ3n) is 4.10. The van der Waals surface area contributed by atoms with Crippen molar-refractivity contribution in [2.24, 2.45) is 11.8 Å². The van der Waals surface area contributed by atoms with Gasteiger partial charge in [-0.2, -0.15) is 5.26 Å². The van der Waals surface area contributed by atoms with E-state index in [1.54, 1.807) is 0 Å². The van der Waals surface area contributed by atoms with E-state index in [2.05, 4.69) is 16.3 Å². The molecule has 1 unspecified atom stereocenters. The maximum absolute atomic E-state index is 12.0. The van der Waals surface area contributed by atoms with Crippen molar-refractivity contribution in [3.63, 3.8) is 0 Å². The summed E-state index contributed by atoms with van der Waals surface area (Å²) in [4.78, 5) is 14.1. The molecule has 0 saturated carbocycles. The summed E-state index contributed by atoms with van der Waals surface area (Å²) < 4.78 is 5.34. The molecule has 0 aromatic carbocycles. The number of carbonyl (C=O) groups excluding carboxylic acids is 1. The largest absolute Gasteiger partial charge is 0.381 e. The van der Waals surface area contributed by atoms with Crippen LogP contribution in [-0.4, -0.2) is 50.2 Å². The summed E-state index contributed by atoms with van der Waals surface area (Å²) in [6, 6.07) is 2.19. The first-order valence-electron chi connectivity index (χ1n) is 7.24. The molecule has 2 heterocycles. The fraction of sp³-hybridized carbons (Fsp3) is 0.857. The molecule has 2 aliphatic rings. The van der Waals surface area contributed by atoms with Crippen molar-refractivity contribution >= 4 is 5.91 Å².